The van der Waals surface area contributed by atoms with Gasteiger partial charge in [0, 0.05) is 6.20 Å². The molecule has 1 N–H and O–H groups in total. The number of carbonyl (C=O) groups is 2. The lowest BCUT2D eigenvalue weighted by Crippen LogP contribution is -2.62. The van der Waals surface area contributed by atoms with E-state index in [9.17, 15) is 9.59 Å². The number of carbonyl (C=O) groups excluding carboxylic acids is 2. The Kier molecular flexibility index (Phi) is 1.75. The number of amides is 3. The Labute approximate surface area is 91.2 Å². The first-order valence-corrected chi connectivity index (χ1v) is 4.87. The number of hydrogen-bond donors (Lipinski definition) is 1. The van der Waals surface area contributed by atoms with Crippen molar-refractivity contribution in [1.29, 1.82) is 0 Å². The maximum Gasteiger partial charge on any atom is 0.329 e. The minimum Gasteiger partial charge on any atom is -0.375 e. The fourth-order valence-electron chi connectivity index (χ4n) is 1.84. The van der Waals surface area contributed by atoms with E-state index >= 15 is 0 Å². The summed E-state index contributed by atoms with van der Waals surface area (Å²) in [5.41, 5.74) is -0.360. The molecule has 0 unspecified atom stereocenters. The molecule has 0 saturated carbocycles. The van der Waals surface area contributed by atoms with Crippen LogP contribution in [0.2, 0.25) is 0 Å². The highest BCUT2D eigenvalue weighted by atomic mass is 16.5. The fourth-order valence-corrected chi connectivity index (χ4v) is 1.84. The third-order valence-electron chi connectivity index (χ3n) is 2.76. The minimum absolute atomic E-state index is 0.244. The molecule has 1 aromatic heterocycles. The number of nitrogens with zero attached hydrogens (tertiary/aromatic N) is 2. The van der Waals surface area contributed by atoms with Crippen molar-refractivity contribution in [3.8, 4) is 0 Å². The number of imide groups is 1. The number of nitrogens with one attached hydrogen (secondary N) is 1. The Morgan fingerprint density at radius 1 is 1.44 bits per heavy atom. The van der Waals surface area contributed by atoms with Gasteiger partial charge in [-0.05, 0) is 12.1 Å². The van der Waals surface area contributed by atoms with Crippen LogP contribution in [0.1, 0.15) is 0 Å². The highest BCUT2D eigenvalue weighted by Crippen LogP contribution is 2.29. The van der Waals surface area contributed by atoms with Crippen molar-refractivity contribution in [1.82, 2.24) is 10.3 Å². The van der Waals surface area contributed by atoms with Gasteiger partial charge in [0.1, 0.15) is 0 Å². The molecule has 1 aromatic rings. The summed E-state index contributed by atoms with van der Waals surface area (Å²) in [4.78, 5) is 28.8. The van der Waals surface area contributed by atoms with E-state index in [0.717, 1.165) is 4.90 Å². The molecule has 3 amide bonds. The van der Waals surface area contributed by atoms with Crippen molar-refractivity contribution in [2.75, 3.05) is 18.1 Å². The van der Waals surface area contributed by atoms with E-state index in [1.54, 1.807) is 18.3 Å². The first-order valence-electron chi connectivity index (χ1n) is 4.87. The summed E-state index contributed by atoms with van der Waals surface area (Å²) >= 11 is 0. The van der Waals surface area contributed by atoms with Gasteiger partial charge >= 0.3 is 6.03 Å². The Balaban J connectivity index is 1.97. The van der Waals surface area contributed by atoms with Crippen LogP contribution in [-0.2, 0) is 9.53 Å². The molecule has 0 atom stereocenters. The number of urea groups is 1. The maximum absolute atomic E-state index is 12.1. The summed E-state index contributed by atoms with van der Waals surface area (Å²) in [7, 11) is 0. The van der Waals surface area contributed by atoms with Crippen LogP contribution in [0.5, 0.6) is 0 Å². The maximum atomic E-state index is 12.1. The average Bonchev–Trinajstić information content (AvgIpc) is 2.51. The zero-order valence-corrected chi connectivity index (χ0v) is 8.34. The molecular weight excluding hydrogens is 210 g/mol. The van der Waals surface area contributed by atoms with Crippen molar-refractivity contribution in [3.05, 3.63) is 24.5 Å². The lowest BCUT2D eigenvalue weighted by molar-refractivity contribution is -0.139. The summed E-state index contributed by atoms with van der Waals surface area (Å²) < 4.78 is 4.99. The zero-order chi connectivity index (χ0) is 11.2. The lowest BCUT2D eigenvalue weighted by atomic mass is 9.98. The van der Waals surface area contributed by atoms with E-state index < -0.39 is 11.6 Å². The van der Waals surface area contributed by atoms with Gasteiger partial charge in [-0.2, -0.15) is 0 Å². The summed E-state index contributed by atoms with van der Waals surface area (Å²) in [5, 5.41) is 2.65. The predicted octanol–water partition coefficient (Wildman–Crippen LogP) is -0.0932. The number of pyridine rings is 1. The Hall–Kier alpha value is -1.95. The molecule has 2 aliphatic rings. The molecule has 0 bridgehead atoms. The summed E-state index contributed by atoms with van der Waals surface area (Å²) in [6.45, 7) is 0.489. The van der Waals surface area contributed by atoms with Crippen LogP contribution >= 0.6 is 0 Å². The van der Waals surface area contributed by atoms with Crippen LogP contribution in [-0.4, -0.2) is 35.7 Å². The molecule has 2 fully saturated rings. The van der Waals surface area contributed by atoms with Crippen LogP contribution in [0.25, 0.3) is 0 Å². The van der Waals surface area contributed by atoms with E-state index in [-0.39, 0.29) is 19.1 Å². The smallest absolute Gasteiger partial charge is 0.329 e. The highest BCUT2D eigenvalue weighted by molar-refractivity contribution is 6.23. The summed E-state index contributed by atoms with van der Waals surface area (Å²) in [5.74, 6) is -0.267. The van der Waals surface area contributed by atoms with Gasteiger partial charge < -0.3 is 10.1 Å². The van der Waals surface area contributed by atoms with Gasteiger partial charge in [0.25, 0.3) is 5.91 Å². The minimum atomic E-state index is -0.840. The molecule has 82 valence electrons. The number of hydrogen-bond acceptors (Lipinski definition) is 4. The van der Waals surface area contributed by atoms with Gasteiger partial charge in [0.15, 0.2) is 5.54 Å². The SMILES string of the molecule is O=C1NC2(COC2)C(=O)N1c1cccnc1. The Morgan fingerprint density at radius 3 is 2.75 bits per heavy atom. The normalized spacial score (nSPS) is 22.1. The van der Waals surface area contributed by atoms with Crippen LogP contribution in [0.3, 0.4) is 0 Å². The molecule has 6 heteroatoms. The summed E-state index contributed by atoms with van der Waals surface area (Å²) in [6.07, 6.45) is 3.07. The Bertz CT molecular complexity index is 456. The molecule has 0 radical (unpaired) electrons. The number of ether oxygens (including phenoxy) is 1. The van der Waals surface area contributed by atoms with Gasteiger partial charge in [0.05, 0.1) is 25.1 Å². The average molecular weight is 219 g/mol. The van der Waals surface area contributed by atoms with E-state index in [1.165, 1.54) is 6.20 Å². The van der Waals surface area contributed by atoms with Crippen LogP contribution in [0.4, 0.5) is 10.5 Å². The lowest BCUT2D eigenvalue weighted by Gasteiger charge is -2.34. The molecule has 2 saturated heterocycles. The standard InChI is InChI=1S/C10H9N3O3/c14-8-10(5-16-6-10)12-9(15)13(8)7-2-1-3-11-4-7/h1-4H,5-6H2,(H,12,15). The largest absolute Gasteiger partial charge is 0.375 e. The molecule has 0 aliphatic carbocycles. The summed E-state index contributed by atoms with van der Waals surface area (Å²) in [6, 6.07) is 2.93. The van der Waals surface area contributed by atoms with E-state index in [1.807, 2.05) is 0 Å². The topological polar surface area (TPSA) is 71.5 Å². The molecule has 16 heavy (non-hydrogen) atoms. The molecular formula is C10H9N3O3. The molecule has 3 heterocycles. The molecule has 2 aliphatic heterocycles. The third-order valence-corrected chi connectivity index (χ3v) is 2.76. The van der Waals surface area contributed by atoms with Crippen molar-refractivity contribution >= 4 is 17.6 Å². The van der Waals surface area contributed by atoms with Crippen LogP contribution in [0, 0.1) is 0 Å². The van der Waals surface area contributed by atoms with Crippen molar-refractivity contribution in [2.24, 2.45) is 0 Å². The van der Waals surface area contributed by atoms with Crippen molar-refractivity contribution in [3.63, 3.8) is 0 Å². The van der Waals surface area contributed by atoms with Crippen LogP contribution in [0.15, 0.2) is 24.5 Å². The van der Waals surface area contributed by atoms with Gasteiger partial charge in [-0.25, -0.2) is 9.69 Å². The van der Waals surface area contributed by atoms with Crippen molar-refractivity contribution < 1.29 is 14.3 Å². The zero-order valence-electron chi connectivity index (χ0n) is 8.34. The van der Waals surface area contributed by atoms with E-state index in [0.29, 0.717) is 5.69 Å². The Morgan fingerprint density at radius 2 is 2.25 bits per heavy atom. The number of rotatable bonds is 1. The van der Waals surface area contributed by atoms with Gasteiger partial charge in [0.2, 0.25) is 0 Å². The second-order valence-corrected chi connectivity index (χ2v) is 3.86. The van der Waals surface area contributed by atoms with E-state index in [4.69, 9.17) is 4.74 Å². The molecule has 6 nitrogen and oxygen atoms in total. The first kappa shape index (κ1) is 9.29. The van der Waals surface area contributed by atoms with Gasteiger partial charge in [-0.3, -0.25) is 9.78 Å². The van der Waals surface area contributed by atoms with Crippen LogP contribution < -0.4 is 10.2 Å². The van der Waals surface area contributed by atoms with Gasteiger partial charge in [-0.1, -0.05) is 0 Å². The quantitative estimate of drug-likeness (QED) is 0.670. The first-order chi connectivity index (χ1) is 7.73. The molecule has 0 aromatic carbocycles. The third kappa shape index (κ3) is 1.07. The predicted molar refractivity (Wildman–Crippen MR) is 53.8 cm³/mol. The second-order valence-electron chi connectivity index (χ2n) is 3.86. The molecule has 1 spiro atoms. The number of anilines is 1. The van der Waals surface area contributed by atoms with Gasteiger partial charge in [-0.15, -0.1) is 0 Å². The fraction of sp³-hybridized carbons (Fsp3) is 0.300. The monoisotopic (exact) mass is 219 g/mol. The second kappa shape index (κ2) is 3.02. The van der Waals surface area contributed by atoms with E-state index in [2.05, 4.69) is 10.3 Å². The molecule has 3 rings (SSSR count). The van der Waals surface area contributed by atoms with Crippen molar-refractivity contribution in [2.45, 2.75) is 5.54 Å². The highest BCUT2D eigenvalue weighted by Gasteiger charge is 2.56. The number of aromatic nitrogens is 1.